The second-order valence-electron chi connectivity index (χ2n) is 9.89. The molecule has 1 aliphatic heterocycles. The fraction of sp³-hybridized carbons (Fsp3) is 0.333. The van der Waals surface area contributed by atoms with Crippen molar-refractivity contribution < 1.29 is 32.2 Å². The summed E-state index contributed by atoms with van der Waals surface area (Å²) < 4.78 is 56.6. The van der Waals surface area contributed by atoms with Crippen LogP contribution in [-0.4, -0.2) is 61.9 Å². The number of aromatic nitrogens is 1. The van der Waals surface area contributed by atoms with E-state index in [0.717, 1.165) is 22.4 Å². The van der Waals surface area contributed by atoms with E-state index >= 15 is 4.39 Å². The van der Waals surface area contributed by atoms with E-state index in [9.17, 15) is 32.6 Å². The van der Waals surface area contributed by atoms with Crippen LogP contribution in [0.15, 0.2) is 34.2 Å². The van der Waals surface area contributed by atoms with Crippen LogP contribution in [0, 0.1) is 32.4 Å². The molecule has 1 amide bonds. The largest absolute Gasteiger partial charge is 0.755 e. The van der Waals surface area contributed by atoms with Gasteiger partial charge in [0.05, 0.1) is 29.7 Å². The van der Waals surface area contributed by atoms with Crippen molar-refractivity contribution in [3.63, 3.8) is 0 Å². The zero-order valence-corrected chi connectivity index (χ0v) is 24.0. The Morgan fingerprint density at radius 2 is 1.90 bits per heavy atom. The van der Waals surface area contributed by atoms with Crippen LogP contribution in [-0.2, 0) is 29.7 Å². The molecule has 4 N–H and O–H groups in total. The van der Waals surface area contributed by atoms with Crippen molar-refractivity contribution in [1.82, 2.24) is 20.5 Å². The number of fused-ring (bicyclic) bond motifs is 1. The maximum atomic E-state index is 15.4. The fourth-order valence-corrected chi connectivity index (χ4v) is 5.86. The first kappa shape index (κ1) is 30.6. The third-order valence-corrected chi connectivity index (χ3v) is 7.60. The number of carbonyl (C=O) groups is 2. The number of carboxylic acid groups (broad SMARTS) is 1. The van der Waals surface area contributed by atoms with Gasteiger partial charge in [0.15, 0.2) is 17.8 Å². The number of carboxylic acids is 1. The highest BCUT2D eigenvalue weighted by Gasteiger charge is 2.31. The molecule has 0 saturated carbocycles. The molecule has 0 fully saturated rings. The highest BCUT2D eigenvalue weighted by molar-refractivity contribution is 7.80. The van der Waals surface area contributed by atoms with Crippen molar-refractivity contribution in [2.75, 3.05) is 23.9 Å². The van der Waals surface area contributed by atoms with Gasteiger partial charge in [-0.15, -0.1) is 0 Å². The average Bonchev–Trinajstić information content (AvgIpc) is 3.42. The SMILES string of the molecule is Cc1cc(C)c(N(C(CNC(=O)c2cn(C)c3c(F)c(CNC4=NCCN4)c(F)cc3c2=O)C(=O)O)S(=O)[O-])c(C)c1. The first-order valence-corrected chi connectivity index (χ1v) is 13.8. The standard InChI is InChI=1S/C27H30F2N6O6S/c1-13-7-14(2)22(15(3)8-13)35(42(40)41)20(26(38)39)11-32-25(37)18-12-34(4)23-16(24(18)36)9-19(28)17(21(23)29)10-33-27-30-5-6-31-27/h7-9,12,20H,5-6,10-11H2,1-4H3,(H,32,37)(H,38,39)(H,40,41)(H2,30,31,33)/p-1. The molecule has 2 heterocycles. The molecular weight excluding hydrogens is 574 g/mol. The number of nitrogens with one attached hydrogen (secondary N) is 3. The predicted molar refractivity (Wildman–Crippen MR) is 152 cm³/mol. The number of carbonyl (C=O) groups excluding carboxylic acids is 1. The van der Waals surface area contributed by atoms with E-state index in [1.165, 1.54) is 7.05 Å². The molecule has 0 bridgehead atoms. The average molecular weight is 604 g/mol. The van der Waals surface area contributed by atoms with E-state index in [1.54, 1.807) is 32.9 Å². The molecule has 2 atom stereocenters. The van der Waals surface area contributed by atoms with E-state index in [1.807, 2.05) is 0 Å². The minimum atomic E-state index is -3.04. The van der Waals surface area contributed by atoms with Crippen molar-refractivity contribution in [2.24, 2.45) is 12.0 Å². The summed E-state index contributed by atoms with van der Waals surface area (Å²) in [5, 5.41) is 17.5. The number of halogens is 2. The van der Waals surface area contributed by atoms with Gasteiger partial charge in [0.25, 0.3) is 5.91 Å². The Hall–Kier alpha value is -4.37. The quantitative estimate of drug-likeness (QED) is 0.265. The van der Waals surface area contributed by atoms with E-state index < -0.39 is 63.7 Å². The molecule has 12 nitrogen and oxygen atoms in total. The van der Waals surface area contributed by atoms with Crippen LogP contribution >= 0.6 is 0 Å². The number of hydrogen-bond donors (Lipinski definition) is 4. The van der Waals surface area contributed by atoms with Gasteiger partial charge >= 0.3 is 5.97 Å². The van der Waals surface area contributed by atoms with E-state index in [2.05, 4.69) is 20.9 Å². The molecule has 4 rings (SSSR count). The normalized spacial score (nSPS) is 14.2. The number of hydrogen-bond acceptors (Lipinski definition) is 8. The van der Waals surface area contributed by atoms with Crippen LogP contribution in [0.3, 0.4) is 0 Å². The number of amides is 1. The maximum Gasteiger partial charge on any atom is 0.329 e. The number of aliphatic imine (C=N–C) groups is 1. The molecule has 0 aliphatic carbocycles. The molecule has 0 radical (unpaired) electrons. The molecule has 15 heteroatoms. The molecule has 1 aliphatic rings. The van der Waals surface area contributed by atoms with Crippen molar-refractivity contribution in [2.45, 2.75) is 33.4 Å². The third kappa shape index (κ3) is 5.97. The lowest BCUT2D eigenvalue weighted by Crippen LogP contribution is -2.50. The van der Waals surface area contributed by atoms with Crippen LogP contribution in [0.1, 0.15) is 32.6 Å². The summed E-state index contributed by atoms with van der Waals surface area (Å²) >= 11 is -3.04. The lowest BCUT2D eigenvalue weighted by atomic mass is 10.0. The van der Waals surface area contributed by atoms with Gasteiger partial charge < -0.3 is 30.2 Å². The van der Waals surface area contributed by atoms with Crippen molar-refractivity contribution >= 4 is 45.7 Å². The lowest BCUT2D eigenvalue weighted by Gasteiger charge is -2.34. The number of rotatable bonds is 9. The molecule has 0 saturated heterocycles. The number of pyridine rings is 1. The number of nitrogens with zero attached hydrogens (tertiary/aromatic N) is 3. The molecule has 3 aromatic rings. The van der Waals surface area contributed by atoms with Gasteiger partial charge in [-0.05, 0) is 38.0 Å². The summed E-state index contributed by atoms with van der Waals surface area (Å²) in [5.74, 6) is -4.21. The number of anilines is 1. The summed E-state index contributed by atoms with van der Waals surface area (Å²) in [4.78, 5) is 42.5. The first-order valence-electron chi connectivity index (χ1n) is 12.8. The molecule has 2 unspecified atom stereocenters. The fourth-order valence-electron chi connectivity index (χ4n) is 5.05. The predicted octanol–water partition coefficient (Wildman–Crippen LogP) is 1.27. The minimum absolute atomic E-state index is 0.143. The maximum absolute atomic E-state index is 15.4. The highest BCUT2D eigenvalue weighted by atomic mass is 32.2. The van der Waals surface area contributed by atoms with Crippen LogP contribution in [0.2, 0.25) is 0 Å². The summed E-state index contributed by atoms with van der Waals surface area (Å²) in [5.41, 5.74) is -0.0755. The van der Waals surface area contributed by atoms with Crippen LogP contribution in [0.25, 0.3) is 10.9 Å². The molecule has 2 aromatic carbocycles. The van der Waals surface area contributed by atoms with E-state index in [-0.39, 0.29) is 23.3 Å². The van der Waals surface area contributed by atoms with Gasteiger partial charge in [-0.1, -0.05) is 17.7 Å². The number of benzene rings is 2. The second kappa shape index (κ2) is 12.2. The van der Waals surface area contributed by atoms with Gasteiger partial charge in [0.1, 0.15) is 11.4 Å². The Balaban J connectivity index is 1.64. The molecule has 1 aromatic heterocycles. The highest BCUT2D eigenvalue weighted by Crippen LogP contribution is 2.29. The zero-order chi connectivity index (χ0) is 30.9. The third-order valence-electron chi connectivity index (χ3n) is 6.84. The topological polar surface area (TPSA) is 168 Å². The summed E-state index contributed by atoms with van der Waals surface area (Å²) in [6, 6.07) is 2.46. The molecular formula is C27H29F2N6O6S-. The monoisotopic (exact) mass is 603 g/mol. The molecule has 0 spiro atoms. The number of guanidine groups is 1. The van der Waals surface area contributed by atoms with Crippen LogP contribution in [0.4, 0.5) is 14.5 Å². The summed E-state index contributed by atoms with van der Waals surface area (Å²) in [6.45, 7) is 5.23. The first-order chi connectivity index (χ1) is 19.8. The number of aryl methyl sites for hydroxylation is 4. The Morgan fingerprint density at radius 3 is 2.48 bits per heavy atom. The Bertz CT molecular complexity index is 1690. The molecule has 42 heavy (non-hydrogen) atoms. The smallest absolute Gasteiger partial charge is 0.329 e. The van der Waals surface area contributed by atoms with E-state index in [0.29, 0.717) is 34.5 Å². The second-order valence-corrected chi connectivity index (χ2v) is 10.7. The van der Waals surface area contributed by atoms with Gasteiger partial charge in [0, 0.05) is 43.2 Å². The van der Waals surface area contributed by atoms with Crippen molar-refractivity contribution in [3.8, 4) is 0 Å². The minimum Gasteiger partial charge on any atom is -0.755 e. The van der Waals surface area contributed by atoms with Crippen LogP contribution < -0.4 is 25.7 Å². The lowest BCUT2D eigenvalue weighted by molar-refractivity contribution is -0.138. The Labute approximate surface area is 241 Å². The summed E-state index contributed by atoms with van der Waals surface area (Å²) in [7, 11) is 1.37. The van der Waals surface area contributed by atoms with Gasteiger partial charge in [-0.3, -0.25) is 23.1 Å². The van der Waals surface area contributed by atoms with Crippen LogP contribution in [0.5, 0.6) is 0 Å². The van der Waals surface area contributed by atoms with Gasteiger partial charge in [-0.2, -0.15) is 0 Å². The zero-order valence-electron chi connectivity index (χ0n) is 23.2. The Kier molecular flexibility index (Phi) is 8.92. The van der Waals surface area contributed by atoms with E-state index in [4.69, 9.17) is 0 Å². The van der Waals surface area contributed by atoms with Crippen molar-refractivity contribution in [3.05, 3.63) is 74.1 Å². The number of aliphatic carboxylic acids is 1. The van der Waals surface area contributed by atoms with Gasteiger partial charge in [-0.25, -0.2) is 13.6 Å². The summed E-state index contributed by atoms with van der Waals surface area (Å²) in [6.07, 6.45) is 1.05. The van der Waals surface area contributed by atoms with Crippen molar-refractivity contribution in [1.29, 1.82) is 0 Å². The molecule has 224 valence electrons. The van der Waals surface area contributed by atoms with Gasteiger partial charge in [0.2, 0.25) is 5.43 Å². The Morgan fingerprint density at radius 1 is 1.24 bits per heavy atom.